The fourth-order valence-electron chi connectivity index (χ4n) is 3.71. The van der Waals surface area contributed by atoms with Crippen molar-refractivity contribution < 1.29 is 23.8 Å². The Balaban J connectivity index is 1.76. The molecule has 0 unspecified atom stereocenters. The number of para-hydroxylation sites is 1. The summed E-state index contributed by atoms with van der Waals surface area (Å²) in [5.74, 6) is 0.551. The molecule has 0 spiro atoms. The Hall–Kier alpha value is -3.12. The third kappa shape index (κ3) is 3.16. The van der Waals surface area contributed by atoms with E-state index in [0.29, 0.717) is 41.0 Å². The number of H-pyrrole nitrogens is 1. The SMILES string of the molecule is COCOc1c(CCc2c[nH]c3ccccc23)c(C(C)=O)cc2c1C(=O)CO2. The summed E-state index contributed by atoms with van der Waals surface area (Å²) in [4.78, 5) is 27.9. The van der Waals surface area contributed by atoms with Crippen LogP contribution in [0.1, 0.15) is 38.8 Å². The standard InChI is InChI=1S/C22H21NO5/c1-13(24)17-9-20-21(19(25)11-27-20)22(28-12-26-2)16(17)8-7-14-10-23-18-6-4-3-5-15(14)18/h3-6,9-10,23H,7-8,11-12H2,1-2H3. The molecule has 1 N–H and O–H groups in total. The van der Waals surface area contributed by atoms with Crippen LogP contribution in [0, 0.1) is 0 Å². The maximum atomic E-state index is 12.4. The smallest absolute Gasteiger partial charge is 0.207 e. The number of hydrogen-bond acceptors (Lipinski definition) is 5. The second-order valence-corrected chi connectivity index (χ2v) is 6.78. The minimum atomic E-state index is -0.149. The highest BCUT2D eigenvalue weighted by atomic mass is 16.7. The van der Waals surface area contributed by atoms with Crippen LogP contribution < -0.4 is 9.47 Å². The van der Waals surface area contributed by atoms with Gasteiger partial charge in [-0.15, -0.1) is 0 Å². The average Bonchev–Trinajstić information content (AvgIpc) is 3.28. The second-order valence-electron chi connectivity index (χ2n) is 6.78. The maximum Gasteiger partial charge on any atom is 0.207 e. The molecule has 6 heteroatoms. The first-order valence-electron chi connectivity index (χ1n) is 9.13. The van der Waals surface area contributed by atoms with Crippen LogP contribution in [0.3, 0.4) is 0 Å². The van der Waals surface area contributed by atoms with E-state index in [1.165, 1.54) is 14.0 Å². The molecule has 1 aliphatic rings. The molecular weight excluding hydrogens is 358 g/mol. The number of aryl methyl sites for hydroxylation is 1. The van der Waals surface area contributed by atoms with Crippen LogP contribution in [0.4, 0.5) is 0 Å². The molecule has 0 aliphatic carbocycles. The Morgan fingerprint density at radius 3 is 2.86 bits per heavy atom. The molecule has 0 radical (unpaired) electrons. The molecule has 2 heterocycles. The predicted molar refractivity (Wildman–Crippen MR) is 104 cm³/mol. The number of carbonyl (C=O) groups is 2. The van der Waals surface area contributed by atoms with Crippen molar-refractivity contribution in [1.82, 2.24) is 4.98 Å². The van der Waals surface area contributed by atoms with Gasteiger partial charge in [-0.05, 0) is 37.5 Å². The zero-order valence-electron chi connectivity index (χ0n) is 15.8. The van der Waals surface area contributed by atoms with E-state index in [1.54, 1.807) is 6.07 Å². The van der Waals surface area contributed by atoms with Gasteiger partial charge in [0.2, 0.25) is 5.78 Å². The number of fused-ring (bicyclic) bond motifs is 2. The normalized spacial score (nSPS) is 12.9. The first-order valence-corrected chi connectivity index (χ1v) is 9.13. The van der Waals surface area contributed by atoms with Gasteiger partial charge in [-0.2, -0.15) is 0 Å². The van der Waals surface area contributed by atoms with Crippen LogP contribution in [-0.4, -0.2) is 37.1 Å². The molecule has 0 bridgehead atoms. The molecule has 2 aromatic carbocycles. The van der Waals surface area contributed by atoms with Gasteiger partial charge in [0.25, 0.3) is 0 Å². The van der Waals surface area contributed by atoms with E-state index in [2.05, 4.69) is 11.1 Å². The van der Waals surface area contributed by atoms with Crippen LogP contribution >= 0.6 is 0 Å². The van der Waals surface area contributed by atoms with E-state index in [-0.39, 0.29) is 25.0 Å². The lowest BCUT2D eigenvalue weighted by molar-refractivity contribution is 0.0495. The summed E-state index contributed by atoms with van der Waals surface area (Å²) in [7, 11) is 1.51. The molecule has 6 nitrogen and oxygen atoms in total. The topological polar surface area (TPSA) is 77.6 Å². The molecule has 0 saturated carbocycles. The van der Waals surface area contributed by atoms with Gasteiger partial charge in [-0.3, -0.25) is 9.59 Å². The van der Waals surface area contributed by atoms with E-state index in [4.69, 9.17) is 14.2 Å². The zero-order chi connectivity index (χ0) is 19.7. The average molecular weight is 379 g/mol. The highest BCUT2D eigenvalue weighted by molar-refractivity contribution is 6.07. The highest BCUT2D eigenvalue weighted by Crippen LogP contribution is 2.40. The first-order chi connectivity index (χ1) is 13.6. The van der Waals surface area contributed by atoms with Crippen molar-refractivity contribution in [3.05, 3.63) is 58.8 Å². The number of aromatic nitrogens is 1. The van der Waals surface area contributed by atoms with Crippen LogP contribution in [0.25, 0.3) is 10.9 Å². The number of nitrogens with one attached hydrogen (secondary N) is 1. The van der Waals surface area contributed by atoms with Crippen molar-refractivity contribution in [3.8, 4) is 11.5 Å². The van der Waals surface area contributed by atoms with E-state index >= 15 is 0 Å². The van der Waals surface area contributed by atoms with Crippen molar-refractivity contribution in [3.63, 3.8) is 0 Å². The summed E-state index contributed by atoms with van der Waals surface area (Å²) < 4.78 is 16.3. The van der Waals surface area contributed by atoms with Gasteiger partial charge in [-0.25, -0.2) is 0 Å². The van der Waals surface area contributed by atoms with E-state index in [0.717, 1.165) is 16.5 Å². The van der Waals surface area contributed by atoms with Crippen LogP contribution in [-0.2, 0) is 17.6 Å². The van der Waals surface area contributed by atoms with Gasteiger partial charge in [0, 0.05) is 35.3 Å². The monoisotopic (exact) mass is 379 g/mol. The summed E-state index contributed by atoms with van der Waals surface area (Å²) in [5.41, 5.74) is 3.84. The molecule has 0 amide bonds. The van der Waals surface area contributed by atoms with Gasteiger partial charge in [-0.1, -0.05) is 18.2 Å². The number of hydrogen-bond donors (Lipinski definition) is 1. The molecule has 0 atom stereocenters. The third-order valence-electron chi connectivity index (χ3n) is 5.01. The van der Waals surface area contributed by atoms with Crippen LogP contribution in [0.5, 0.6) is 11.5 Å². The lowest BCUT2D eigenvalue weighted by Gasteiger charge is -2.17. The number of Topliss-reactive ketones (excluding diaryl/α,β-unsaturated/α-hetero) is 2. The minimum Gasteiger partial charge on any atom is -0.485 e. The van der Waals surface area contributed by atoms with Gasteiger partial charge in [0.15, 0.2) is 19.2 Å². The van der Waals surface area contributed by atoms with Crippen molar-refractivity contribution >= 4 is 22.5 Å². The summed E-state index contributed by atoms with van der Waals surface area (Å²) in [6, 6.07) is 9.74. The quantitative estimate of drug-likeness (QED) is 0.500. The molecule has 144 valence electrons. The number of methoxy groups -OCH3 is 1. The summed E-state index contributed by atoms with van der Waals surface area (Å²) in [5, 5.41) is 1.15. The van der Waals surface area contributed by atoms with E-state index in [1.807, 2.05) is 24.4 Å². The lowest BCUT2D eigenvalue weighted by Crippen LogP contribution is -2.11. The minimum absolute atomic E-state index is 0.0127. The number of carbonyl (C=O) groups excluding carboxylic acids is 2. The van der Waals surface area contributed by atoms with E-state index in [9.17, 15) is 9.59 Å². The zero-order valence-corrected chi connectivity index (χ0v) is 15.8. The predicted octanol–water partition coefficient (Wildman–Crippen LogP) is 3.71. The first kappa shape index (κ1) is 18.3. The highest BCUT2D eigenvalue weighted by Gasteiger charge is 2.31. The third-order valence-corrected chi connectivity index (χ3v) is 5.01. The van der Waals surface area contributed by atoms with Crippen molar-refractivity contribution in [2.75, 3.05) is 20.5 Å². The summed E-state index contributed by atoms with van der Waals surface area (Å²) in [6.45, 7) is 1.46. The Labute approximate surface area is 162 Å². The summed E-state index contributed by atoms with van der Waals surface area (Å²) in [6.07, 6.45) is 3.23. The molecule has 1 aliphatic heterocycles. The van der Waals surface area contributed by atoms with Crippen molar-refractivity contribution in [2.45, 2.75) is 19.8 Å². The molecule has 28 heavy (non-hydrogen) atoms. The maximum absolute atomic E-state index is 12.4. The number of benzene rings is 2. The van der Waals surface area contributed by atoms with Gasteiger partial charge in [0.05, 0.1) is 0 Å². The van der Waals surface area contributed by atoms with Crippen molar-refractivity contribution in [2.24, 2.45) is 0 Å². The van der Waals surface area contributed by atoms with Crippen LogP contribution in [0.2, 0.25) is 0 Å². The summed E-state index contributed by atoms with van der Waals surface area (Å²) >= 11 is 0. The fraction of sp³-hybridized carbons (Fsp3) is 0.273. The van der Waals surface area contributed by atoms with Crippen molar-refractivity contribution in [1.29, 1.82) is 0 Å². The van der Waals surface area contributed by atoms with E-state index < -0.39 is 0 Å². The Kier molecular flexibility index (Phi) is 4.88. The lowest BCUT2D eigenvalue weighted by atomic mass is 9.93. The largest absolute Gasteiger partial charge is 0.485 e. The Morgan fingerprint density at radius 2 is 2.07 bits per heavy atom. The number of aromatic amines is 1. The molecular formula is C22H21NO5. The number of ketones is 2. The van der Waals surface area contributed by atoms with Gasteiger partial charge < -0.3 is 19.2 Å². The molecule has 0 saturated heterocycles. The molecule has 4 rings (SSSR count). The van der Waals surface area contributed by atoms with Gasteiger partial charge in [0.1, 0.15) is 17.1 Å². The Bertz CT molecular complexity index is 1070. The number of ether oxygens (including phenoxy) is 3. The fourth-order valence-corrected chi connectivity index (χ4v) is 3.71. The molecule has 3 aromatic rings. The van der Waals surface area contributed by atoms with Gasteiger partial charge >= 0.3 is 0 Å². The van der Waals surface area contributed by atoms with Crippen LogP contribution in [0.15, 0.2) is 36.5 Å². The number of rotatable bonds is 7. The molecule has 0 fully saturated rings. The Morgan fingerprint density at radius 1 is 1.25 bits per heavy atom. The molecule has 1 aromatic heterocycles. The second kappa shape index (κ2) is 7.48.